The van der Waals surface area contributed by atoms with Crippen molar-refractivity contribution in [2.75, 3.05) is 6.54 Å². The first-order valence-corrected chi connectivity index (χ1v) is 8.97. The van der Waals surface area contributed by atoms with Crippen LogP contribution in [-0.4, -0.2) is 22.6 Å². The van der Waals surface area contributed by atoms with Crippen molar-refractivity contribution in [2.24, 2.45) is 11.7 Å². The lowest BCUT2D eigenvalue weighted by molar-refractivity contribution is 0.0882. The minimum Gasteiger partial charge on any atom is -0.345 e. The molecule has 3 N–H and O–H groups in total. The molecular weight excluding hydrogens is 346 g/mol. The Morgan fingerprint density at radius 3 is 2.27 bits per heavy atom. The molecule has 0 spiro atoms. The van der Waals surface area contributed by atoms with Crippen LogP contribution in [0.5, 0.6) is 0 Å². The molecule has 0 aliphatic carbocycles. The quantitative estimate of drug-likeness (QED) is 0.790. The summed E-state index contributed by atoms with van der Waals surface area (Å²) in [6.45, 7) is 12.8. The number of hydrogen-bond acceptors (Lipinski definition) is 2. The number of nitrogens with one attached hydrogen (secondary N) is 1. The molecule has 2 aromatic rings. The Morgan fingerprint density at radius 1 is 1.19 bits per heavy atom. The maximum Gasteiger partial charge on any atom is 0.253 e. The third-order valence-electron chi connectivity index (χ3n) is 5.50. The van der Waals surface area contributed by atoms with Crippen molar-refractivity contribution >= 4 is 18.3 Å². The minimum absolute atomic E-state index is 0. The SMILES string of the molecule is Cc1cc(C(=O)NC(C)(CN)C(C)C)c(C)n1C(C)c1ccccc1.Cl. The maximum atomic E-state index is 12.9. The number of nitrogens with two attached hydrogens (primary N) is 1. The topological polar surface area (TPSA) is 60.1 Å². The van der Waals surface area contributed by atoms with E-state index in [-0.39, 0.29) is 30.3 Å². The van der Waals surface area contributed by atoms with Crippen molar-refractivity contribution in [3.63, 3.8) is 0 Å². The van der Waals surface area contributed by atoms with Gasteiger partial charge in [0.15, 0.2) is 0 Å². The lowest BCUT2D eigenvalue weighted by Gasteiger charge is -2.33. The summed E-state index contributed by atoms with van der Waals surface area (Å²) < 4.78 is 2.22. The summed E-state index contributed by atoms with van der Waals surface area (Å²) in [4.78, 5) is 12.9. The Morgan fingerprint density at radius 2 is 1.77 bits per heavy atom. The Balaban J connectivity index is 0.00000338. The average Bonchev–Trinajstić information content (AvgIpc) is 2.89. The van der Waals surface area contributed by atoms with E-state index in [9.17, 15) is 4.79 Å². The van der Waals surface area contributed by atoms with E-state index >= 15 is 0 Å². The van der Waals surface area contributed by atoms with E-state index < -0.39 is 5.54 Å². The van der Waals surface area contributed by atoms with E-state index in [1.54, 1.807) is 0 Å². The zero-order chi connectivity index (χ0) is 18.8. The van der Waals surface area contributed by atoms with E-state index in [0.29, 0.717) is 6.54 Å². The van der Waals surface area contributed by atoms with Crippen molar-refractivity contribution < 1.29 is 4.79 Å². The predicted octanol–water partition coefficient (Wildman–Crippen LogP) is 4.24. The smallest absolute Gasteiger partial charge is 0.253 e. The number of benzene rings is 1. The van der Waals surface area contributed by atoms with E-state index in [4.69, 9.17) is 5.73 Å². The first-order valence-electron chi connectivity index (χ1n) is 8.97. The number of carbonyl (C=O) groups excluding carboxylic acids is 1. The fraction of sp³-hybridized carbons (Fsp3) is 0.476. The molecule has 0 saturated heterocycles. The first-order chi connectivity index (χ1) is 11.7. The summed E-state index contributed by atoms with van der Waals surface area (Å²) in [5.74, 6) is 0.203. The molecule has 144 valence electrons. The van der Waals surface area contributed by atoms with Crippen LogP contribution < -0.4 is 11.1 Å². The van der Waals surface area contributed by atoms with Crippen LogP contribution in [0, 0.1) is 19.8 Å². The normalized spacial score (nSPS) is 14.5. The summed E-state index contributed by atoms with van der Waals surface area (Å²) in [7, 11) is 0. The van der Waals surface area contributed by atoms with Gasteiger partial charge in [0.2, 0.25) is 0 Å². The van der Waals surface area contributed by atoms with Gasteiger partial charge in [-0.2, -0.15) is 0 Å². The highest BCUT2D eigenvalue weighted by molar-refractivity contribution is 5.96. The van der Waals surface area contributed by atoms with Crippen molar-refractivity contribution in [1.82, 2.24) is 9.88 Å². The van der Waals surface area contributed by atoms with Crippen molar-refractivity contribution in [1.29, 1.82) is 0 Å². The number of amides is 1. The van der Waals surface area contributed by atoms with E-state index in [1.165, 1.54) is 5.56 Å². The standard InChI is InChI=1S/C21H31N3O.ClH/c1-14(2)21(6,13-22)23-20(25)19-12-15(3)24(17(19)5)16(4)18-10-8-7-9-11-18;/h7-12,14,16H,13,22H2,1-6H3,(H,23,25);1H. The van der Waals surface area contributed by atoms with Crippen LogP contribution in [0.4, 0.5) is 0 Å². The maximum absolute atomic E-state index is 12.9. The molecule has 0 radical (unpaired) electrons. The zero-order valence-corrected chi connectivity index (χ0v) is 17.5. The Bertz CT molecular complexity index is 739. The predicted molar refractivity (Wildman–Crippen MR) is 111 cm³/mol. The van der Waals surface area contributed by atoms with E-state index in [0.717, 1.165) is 17.0 Å². The molecule has 0 aliphatic heterocycles. The molecule has 0 saturated carbocycles. The molecular formula is C21H32ClN3O. The molecule has 26 heavy (non-hydrogen) atoms. The fourth-order valence-electron chi connectivity index (χ4n) is 3.24. The molecule has 2 rings (SSSR count). The van der Waals surface area contributed by atoms with Gasteiger partial charge in [-0.3, -0.25) is 4.79 Å². The summed E-state index contributed by atoms with van der Waals surface area (Å²) in [6, 6.07) is 12.5. The third kappa shape index (κ3) is 4.30. The second-order valence-electron chi connectivity index (χ2n) is 7.47. The molecule has 1 amide bonds. The summed E-state index contributed by atoms with van der Waals surface area (Å²) in [6.07, 6.45) is 0. The number of carbonyl (C=O) groups is 1. The fourth-order valence-corrected chi connectivity index (χ4v) is 3.24. The molecule has 1 aromatic heterocycles. The molecule has 2 unspecified atom stereocenters. The molecule has 1 heterocycles. The van der Waals surface area contributed by atoms with E-state index in [1.807, 2.05) is 45.0 Å². The molecule has 4 nitrogen and oxygen atoms in total. The van der Waals surface area contributed by atoms with Gasteiger partial charge in [0.05, 0.1) is 17.1 Å². The second-order valence-corrected chi connectivity index (χ2v) is 7.47. The van der Waals surface area contributed by atoms with Gasteiger partial charge in [-0.1, -0.05) is 44.2 Å². The van der Waals surface area contributed by atoms with Crippen LogP contribution in [-0.2, 0) is 0 Å². The number of nitrogens with zero attached hydrogens (tertiary/aromatic N) is 1. The molecule has 1 aromatic carbocycles. The van der Waals surface area contributed by atoms with Crippen molar-refractivity contribution in [3.05, 3.63) is 58.9 Å². The second kappa shape index (κ2) is 8.74. The Hall–Kier alpha value is -1.78. The Kier molecular flexibility index (Phi) is 7.48. The number of aromatic nitrogens is 1. The van der Waals surface area contributed by atoms with Crippen LogP contribution >= 0.6 is 12.4 Å². The Labute approximate surface area is 163 Å². The molecule has 0 fully saturated rings. The minimum atomic E-state index is -0.412. The van der Waals surface area contributed by atoms with Gasteiger partial charge in [-0.15, -0.1) is 12.4 Å². The lowest BCUT2D eigenvalue weighted by atomic mass is 9.88. The van der Waals surface area contributed by atoms with Gasteiger partial charge in [0, 0.05) is 17.9 Å². The summed E-state index contributed by atoms with van der Waals surface area (Å²) in [5.41, 5.74) is 9.51. The van der Waals surface area contributed by atoms with Crippen LogP contribution in [0.15, 0.2) is 36.4 Å². The van der Waals surface area contributed by atoms with Crippen LogP contribution in [0.2, 0.25) is 0 Å². The van der Waals surface area contributed by atoms with Gasteiger partial charge < -0.3 is 15.6 Å². The van der Waals surface area contributed by atoms with E-state index in [2.05, 4.69) is 42.8 Å². The third-order valence-corrected chi connectivity index (χ3v) is 5.50. The van der Waals surface area contributed by atoms with Gasteiger partial charge in [0.1, 0.15) is 0 Å². The lowest BCUT2D eigenvalue weighted by Crippen LogP contribution is -2.55. The van der Waals surface area contributed by atoms with Gasteiger partial charge in [-0.25, -0.2) is 0 Å². The number of hydrogen-bond donors (Lipinski definition) is 2. The summed E-state index contributed by atoms with van der Waals surface area (Å²) in [5, 5.41) is 3.14. The van der Waals surface area contributed by atoms with Crippen LogP contribution in [0.25, 0.3) is 0 Å². The highest BCUT2D eigenvalue weighted by atomic mass is 35.5. The first kappa shape index (κ1) is 22.3. The van der Waals surface area contributed by atoms with Crippen LogP contribution in [0.3, 0.4) is 0 Å². The van der Waals surface area contributed by atoms with Gasteiger partial charge in [-0.05, 0) is 45.2 Å². The molecule has 0 bridgehead atoms. The summed E-state index contributed by atoms with van der Waals surface area (Å²) >= 11 is 0. The van der Waals surface area contributed by atoms with Gasteiger partial charge in [0.25, 0.3) is 5.91 Å². The largest absolute Gasteiger partial charge is 0.345 e. The molecule has 2 atom stereocenters. The molecule has 0 aliphatic rings. The van der Waals surface area contributed by atoms with Crippen molar-refractivity contribution in [2.45, 2.75) is 53.1 Å². The number of aryl methyl sites for hydroxylation is 1. The average molecular weight is 378 g/mol. The van der Waals surface area contributed by atoms with Crippen molar-refractivity contribution in [3.8, 4) is 0 Å². The van der Waals surface area contributed by atoms with Crippen LogP contribution in [0.1, 0.15) is 61.0 Å². The van der Waals surface area contributed by atoms with Gasteiger partial charge >= 0.3 is 0 Å². The number of halogens is 1. The highest BCUT2D eigenvalue weighted by Crippen LogP contribution is 2.26. The molecule has 5 heteroatoms. The monoisotopic (exact) mass is 377 g/mol. The highest BCUT2D eigenvalue weighted by Gasteiger charge is 2.30. The number of rotatable bonds is 6. The zero-order valence-electron chi connectivity index (χ0n) is 16.7.